The Morgan fingerprint density at radius 1 is 0.860 bits per heavy atom. The lowest BCUT2D eigenvalue weighted by Crippen LogP contribution is -2.27. The lowest BCUT2D eigenvalue weighted by atomic mass is 9.87. The van der Waals surface area contributed by atoms with Crippen molar-refractivity contribution >= 4 is 29.3 Å². The highest BCUT2D eigenvalue weighted by atomic mass is 16.5. The summed E-state index contributed by atoms with van der Waals surface area (Å²) in [5, 5.41) is 0. The molecule has 0 N–H and O–H groups in total. The Labute approximate surface area is 249 Å². The van der Waals surface area contributed by atoms with Crippen LogP contribution in [-0.4, -0.2) is 36.8 Å². The molecule has 1 aliphatic heterocycles. The van der Waals surface area contributed by atoms with Crippen molar-refractivity contribution in [2.24, 2.45) is 5.92 Å². The second-order valence-corrected chi connectivity index (χ2v) is 11.2. The van der Waals surface area contributed by atoms with Gasteiger partial charge >= 0.3 is 11.9 Å². The molecule has 1 saturated heterocycles. The molecule has 0 unspecified atom stereocenters. The average molecular weight is 582 g/mol. The van der Waals surface area contributed by atoms with Gasteiger partial charge < -0.3 is 23.5 Å². The monoisotopic (exact) mass is 581 g/mol. The third-order valence-electron chi connectivity index (χ3n) is 7.02. The number of Topliss-reactive ketones (excluding diaryl/α,β-unsaturated/α-hetero) is 1. The molecule has 5 rings (SSSR count). The fourth-order valence-electron chi connectivity index (χ4n) is 4.57. The normalized spacial score (nSPS) is 14.8. The molecule has 1 amide bonds. The molecule has 1 fully saturated rings. The molecule has 9 nitrogen and oxygen atoms in total. The van der Waals surface area contributed by atoms with E-state index >= 15 is 0 Å². The van der Waals surface area contributed by atoms with E-state index in [2.05, 4.69) is 20.8 Å². The summed E-state index contributed by atoms with van der Waals surface area (Å²) in [5.41, 5.74) is 2.18. The first-order valence-corrected chi connectivity index (χ1v) is 13.8. The zero-order valence-electron chi connectivity index (χ0n) is 24.1. The molecule has 0 aliphatic carbocycles. The fourth-order valence-corrected chi connectivity index (χ4v) is 4.57. The zero-order valence-corrected chi connectivity index (χ0v) is 24.1. The molecule has 1 aromatic heterocycles. The number of carbonyl (C=O) groups excluding carboxylic acids is 4. The molecule has 3 aromatic carbocycles. The first-order valence-electron chi connectivity index (χ1n) is 13.8. The number of carbonyl (C=O) groups is 4. The largest absolute Gasteiger partial charge is 0.457 e. The van der Waals surface area contributed by atoms with Crippen LogP contribution in [0.15, 0.2) is 95.6 Å². The van der Waals surface area contributed by atoms with Gasteiger partial charge in [0.1, 0.15) is 17.2 Å². The number of nitrogens with zero attached hydrogens (tertiary/aromatic N) is 1. The van der Waals surface area contributed by atoms with Crippen molar-refractivity contribution in [3.63, 3.8) is 0 Å². The van der Waals surface area contributed by atoms with Gasteiger partial charge in [-0.15, -0.1) is 0 Å². The predicted molar refractivity (Wildman–Crippen MR) is 158 cm³/mol. The van der Waals surface area contributed by atoms with E-state index in [1.807, 2.05) is 24.3 Å². The summed E-state index contributed by atoms with van der Waals surface area (Å²) in [6.07, 6.45) is 1.35. The summed E-state index contributed by atoms with van der Waals surface area (Å²) >= 11 is 0. The van der Waals surface area contributed by atoms with Crippen molar-refractivity contribution in [2.45, 2.75) is 32.6 Å². The molecule has 1 aliphatic rings. The molecule has 2 heterocycles. The van der Waals surface area contributed by atoms with E-state index in [-0.39, 0.29) is 41.4 Å². The van der Waals surface area contributed by atoms with E-state index < -0.39 is 30.2 Å². The van der Waals surface area contributed by atoms with Crippen LogP contribution in [0.1, 0.15) is 53.7 Å². The highest BCUT2D eigenvalue weighted by Crippen LogP contribution is 2.30. The Kier molecular flexibility index (Phi) is 8.43. The maximum atomic E-state index is 12.7. The molecule has 0 spiro atoms. The van der Waals surface area contributed by atoms with Crippen LogP contribution in [0.5, 0.6) is 17.2 Å². The van der Waals surface area contributed by atoms with Crippen LogP contribution in [-0.2, 0) is 19.7 Å². The van der Waals surface area contributed by atoms with Gasteiger partial charge in [0.15, 0.2) is 12.4 Å². The second-order valence-electron chi connectivity index (χ2n) is 11.2. The number of hydrogen-bond donors (Lipinski definition) is 0. The molecule has 220 valence electrons. The van der Waals surface area contributed by atoms with Gasteiger partial charge in [0.25, 0.3) is 0 Å². The number of hydrogen-bond acceptors (Lipinski definition) is 8. The van der Waals surface area contributed by atoms with Gasteiger partial charge in [-0.1, -0.05) is 32.9 Å². The van der Waals surface area contributed by atoms with E-state index in [4.69, 9.17) is 18.6 Å². The Balaban J connectivity index is 1.10. The van der Waals surface area contributed by atoms with Gasteiger partial charge in [0, 0.05) is 24.2 Å². The summed E-state index contributed by atoms with van der Waals surface area (Å²) < 4.78 is 21.4. The molecule has 0 bridgehead atoms. The molecular weight excluding hydrogens is 550 g/mol. The number of esters is 2. The number of ether oxygens (including phenoxy) is 3. The van der Waals surface area contributed by atoms with E-state index in [1.54, 1.807) is 30.3 Å². The van der Waals surface area contributed by atoms with E-state index in [0.29, 0.717) is 17.2 Å². The van der Waals surface area contributed by atoms with Gasteiger partial charge in [0.2, 0.25) is 11.7 Å². The molecular formula is C34H31NO8. The smallest absolute Gasteiger partial charge is 0.379 e. The standard InChI is InChI=1S/C34H31NO8/c1-34(2,3)24-8-14-26(15-9-24)42-27-16-10-25(11-17-27)35-20-23(19-31(35)37)32(38)41-21-29(36)22-6-12-28(13-7-22)43-33(39)30-5-4-18-40-30/h4-18,23H,19-21H2,1-3H3/t23-/m1/s1. The van der Waals surface area contributed by atoms with Crippen LogP contribution in [0.4, 0.5) is 5.69 Å². The summed E-state index contributed by atoms with van der Waals surface area (Å²) in [4.78, 5) is 51.5. The maximum Gasteiger partial charge on any atom is 0.379 e. The number of anilines is 1. The number of benzene rings is 3. The highest BCUT2D eigenvalue weighted by molar-refractivity contribution is 6.01. The van der Waals surface area contributed by atoms with Gasteiger partial charge in [-0.25, -0.2) is 4.79 Å². The van der Waals surface area contributed by atoms with Crippen molar-refractivity contribution in [3.05, 3.63) is 108 Å². The lowest BCUT2D eigenvalue weighted by molar-refractivity contribution is -0.147. The SMILES string of the molecule is CC(C)(C)c1ccc(Oc2ccc(N3C[C@H](C(=O)OCC(=O)c4ccc(OC(=O)c5ccco5)cc4)CC3=O)cc2)cc1. The van der Waals surface area contributed by atoms with Gasteiger partial charge in [-0.05, 0) is 83.8 Å². The highest BCUT2D eigenvalue weighted by Gasteiger charge is 2.36. The van der Waals surface area contributed by atoms with E-state index in [1.165, 1.54) is 47.1 Å². The predicted octanol–water partition coefficient (Wildman–Crippen LogP) is 6.37. The average Bonchev–Trinajstić information content (AvgIpc) is 3.67. The lowest BCUT2D eigenvalue weighted by Gasteiger charge is -2.19. The van der Waals surface area contributed by atoms with Crippen molar-refractivity contribution in [3.8, 4) is 17.2 Å². The van der Waals surface area contributed by atoms with Crippen LogP contribution >= 0.6 is 0 Å². The Bertz CT molecular complexity index is 1600. The van der Waals surface area contributed by atoms with E-state index in [0.717, 1.165) is 0 Å². The van der Waals surface area contributed by atoms with Gasteiger partial charge in [0.05, 0.1) is 12.2 Å². The van der Waals surface area contributed by atoms with Crippen molar-refractivity contribution < 1.29 is 37.8 Å². The molecule has 43 heavy (non-hydrogen) atoms. The van der Waals surface area contributed by atoms with Crippen LogP contribution in [0.25, 0.3) is 0 Å². The van der Waals surface area contributed by atoms with Crippen molar-refractivity contribution in [1.82, 2.24) is 0 Å². The Morgan fingerprint density at radius 3 is 2.09 bits per heavy atom. The second kappa shape index (κ2) is 12.4. The summed E-state index contributed by atoms with van der Waals surface area (Å²) in [6.45, 7) is 6.13. The number of rotatable bonds is 9. The number of ketones is 1. The topological polar surface area (TPSA) is 112 Å². The van der Waals surface area contributed by atoms with E-state index in [9.17, 15) is 19.2 Å². The fraction of sp³-hybridized carbons (Fsp3) is 0.235. The van der Waals surface area contributed by atoms with Gasteiger partial charge in [-0.2, -0.15) is 0 Å². The Hall–Kier alpha value is -5.18. The van der Waals surface area contributed by atoms with Crippen LogP contribution < -0.4 is 14.4 Å². The summed E-state index contributed by atoms with van der Waals surface area (Å²) in [7, 11) is 0. The van der Waals surface area contributed by atoms with Crippen LogP contribution in [0, 0.1) is 5.92 Å². The first-order chi connectivity index (χ1) is 20.6. The first kappa shape index (κ1) is 29.3. The molecule has 1 atom stereocenters. The minimum atomic E-state index is -0.694. The summed E-state index contributed by atoms with van der Waals surface area (Å²) in [5.74, 6) is -0.996. The zero-order chi connectivity index (χ0) is 30.6. The minimum Gasteiger partial charge on any atom is -0.457 e. The molecule has 4 aromatic rings. The van der Waals surface area contributed by atoms with Crippen molar-refractivity contribution in [1.29, 1.82) is 0 Å². The van der Waals surface area contributed by atoms with Gasteiger partial charge in [-0.3, -0.25) is 14.4 Å². The number of amides is 1. The number of furan rings is 1. The minimum absolute atomic E-state index is 0.0128. The molecule has 0 radical (unpaired) electrons. The molecule has 9 heteroatoms. The molecule has 0 saturated carbocycles. The Morgan fingerprint density at radius 2 is 1.49 bits per heavy atom. The van der Waals surface area contributed by atoms with Crippen molar-refractivity contribution in [2.75, 3.05) is 18.1 Å². The van der Waals surface area contributed by atoms with Crippen LogP contribution in [0.3, 0.4) is 0 Å². The van der Waals surface area contributed by atoms with Crippen LogP contribution in [0.2, 0.25) is 0 Å². The summed E-state index contributed by atoms with van der Waals surface area (Å²) in [6, 6.07) is 23.9. The third kappa shape index (κ3) is 7.19. The maximum absolute atomic E-state index is 12.7. The third-order valence-corrected chi connectivity index (χ3v) is 7.02. The quantitative estimate of drug-likeness (QED) is 0.127.